The number of nitrogens with zero attached hydrogens (tertiary/aromatic N) is 4. The van der Waals surface area contributed by atoms with Crippen LogP contribution in [0.2, 0.25) is 0 Å². The summed E-state index contributed by atoms with van der Waals surface area (Å²) in [6, 6.07) is 4.54. The Kier molecular flexibility index (Phi) is 6.30. The van der Waals surface area contributed by atoms with Crippen LogP contribution in [0.15, 0.2) is 34.5 Å². The molecule has 0 saturated heterocycles. The smallest absolute Gasteiger partial charge is 0.326 e. The number of rotatable bonds is 8. The van der Waals surface area contributed by atoms with Crippen molar-refractivity contribution in [2.75, 3.05) is 5.73 Å². The summed E-state index contributed by atoms with van der Waals surface area (Å²) in [5.74, 6) is -2.84. The highest BCUT2D eigenvalue weighted by molar-refractivity contribution is 7.71. The standard InChI is InChI=1S/C17H16N8O5S/c18-16-21-12-11(14(31)23-16)20-17(22-12)25-24-8-3-1-7(2-4-8)13(28)19-9(15(29)30)5-6-10(26)27/h1-4,9H,5-6H2,(H,19,28)(H,26,27)(H,29,30)(H4,18,20,21,22,23,31)/t9-/m0/s1. The van der Waals surface area contributed by atoms with Crippen LogP contribution in [0.5, 0.6) is 0 Å². The van der Waals surface area contributed by atoms with Gasteiger partial charge in [0.05, 0.1) is 5.69 Å². The summed E-state index contributed by atoms with van der Waals surface area (Å²) in [7, 11) is 0. The number of azo groups is 1. The van der Waals surface area contributed by atoms with Crippen LogP contribution in [-0.4, -0.2) is 54.0 Å². The minimum absolute atomic E-state index is 0.120. The second-order valence-corrected chi connectivity index (χ2v) is 6.64. The largest absolute Gasteiger partial charge is 0.481 e. The molecule has 0 fully saturated rings. The lowest BCUT2D eigenvalue weighted by Crippen LogP contribution is -2.41. The maximum absolute atomic E-state index is 12.2. The minimum Gasteiger partial charge on any atom is -0.481 e. The highest BCUT2D eigenvalue weighted by Crippen LogP contribution is 2.20. The molecular weight excluding hydrogens is 428 g/mol. The van der Waals surface area contributed by atoms with Crippen LogP contribution in [-0.2, 0) is 9.59 Å². The Morgan fingerprint density at radius 2 is 1.84 bits per heavy atom. The highest BCUT2D eigenvalue weighted by Gasteiger charge is 2.21. The third-order valence-electron chi connectivity index (χ3n) is 4.01. The van der Waals surface area contributed by atoms with Crippen molar-refractivity contribution in [3.8, 4) is 0 Å². The van der Waals surface area contributed by atoms with Crippen LogP contribution in [0, 0.1) is 4.64 Å². The maximum Gasteiger partial charge on any atom is 0.326 e. The van der Waals surface area contributed by atoms with E-state index in [4.69, 9.17) is 28.2 Å². The summed E-state index contributed by atoms with van der Waals surface area (Å²) in [6.45, 7) is 0. The van der Waals surface area contributed by atoms with Crippen molar-refractivity contribution in [3.63, 3.8) is 0 Å². The normalized spacial score (nSPS) is 12.1. The van der Waals surface area contributed by atoms with E-state index in [-0.39, 0.29) is 34.9 Å². The molecule has 7 N–H and O–H groups in total. The zero-order valence-corrected chi connectivity index (χ0v) is 16.5. The number of aromatic amines is 2. The first-order valence-electron chi connectivity index (χ1n) is 8.75. The van der Waals surface area contributed by atoms with E-state index in [2.05, 4.69) is 35.5 Å². The highest BCUT2D eigenvalue weighted by atomic mass is 32.1. The van der Waals surface area contributed by atoms with Gasteiger partial charge in [-0.3, -0.25) is 9.59 Å². The quantitative estimate of drug-likeness (QED) is 0.221. The van der Waals surface area contributed by atoms with Gasteiger partial charge in [0.2, 0.25) is 11.9 Å². The number of aliphatic carboxylic acids is 2. The van der Waals surface area contributed by atoms with Crippen molar-refractivity contribution in [2.45, 2.75) is 18.9 Å². The zero-order chi connectivity index (χ0) is 22.5. The molecule has 0 aliphatic heterocycles. The third kappa shape index (κ3) is 5.45. The number of nitrogen functional groups attached to an aromatic ring is 1. The average molecular weight is 444 g/mol. The molecule has 0 aliphatic rings. The van der Waals surface area contributed by atoms with E-state index in [1.807, 2.05) is 0 Å². The number of benzene rings is 1. The number of hydrogen-bond donors (Lipinski definition) is 6. The number of amides is 1. The molecule has 0 spiro atoms. The second-order valence-electron chi connectivity index (χ2n) is 6.25. The Labute approximate surface area is 178 Å². The first-order valence-corrected chi connectivity index (χ1v) is 9.16. The molecule has 0 aliphatic carbocycles. The zero-order valence-electron chi connectivity index (χ0n) is 15.7. The molecule has 3 rings (SSSR count). The van der Waals surface area contributed by atoms with Gasteiger partial charge in [0.15, 0.2) is 10.3 Å². The van der Waals surface area contributed by atoms with Crippen molar-refractivity contribution < 1.29 is 24.6 Å². The van der Waals surface area contributed by atoms with Gasteiger partial charge in [-0.15, -0.1) is 10.2 Å². The number of nitrogens with two attached hydrogens (primary N) is 1. The molecule has 0 unspecified atom stereocenters. The van der Waals surface area contributed by atoms with E-state index in [9.17, 15) is 14.4 Å². The van der Waals surface area contributed by atoms with Crippen molar-refractivity contribution in [3.05, 3.63) is 34.5 Å². The fraction of sp³-hybridized carbons (Fsp3) is 0.176. The average Bonchev–Trinajstić information content (AvgIpc) is 3.12. The van der Waals surface area contributed by atoms with E-state index in [1.165, 1.54) is 24.3 Å². The predicted molar refractivity (Wildman–Crippen MR) is 110 cm³/mol. The molecule has 2 aromatic heterocycles. The van der Waals surface area contributed by atoms with Gasteiger partial charge in [-0.2, -0.15) is 4.98 Å². The van der Waals surface area contributed by atoms with E-state index in [0.717, 1.165) is 0 Å². The third-order valence-corrected chi connectivity index (χ3v) is 4.31. The molecule has 0 radical (unpaired) electrons. The van der Waals surface area contributed by atoms with E-state index in [0.29, 0.717) is 16.9 Å². The van der Waals surface area contributed by atoms with E-state index >= 15 is 0 Å². The van der Waals surface area contributed by atoms with Gasteiger partial charge >= 0.3 is 11.9 Å². The summed E-state index contributed by atoms with van der Waals surface area (Å²) in [5.41, 5.74) is 7.00. The Hall–Kier alpha value is -4.20. The number of carboxylic acid groups (broad SMARTS) is 2. The lowest BCUT2D eigenvalue weighted by Gasteiger charge is -2.13. The lowest BCUT2D eigenvalue weighted by molar-refractivity contribution is -0.140. The molecule has 0 saturated carbocycles. The number of carboxylic acids is 2. The van der Waals surface area contributed by atoms with Crippen LogP contribution >= 0.6 is 12.2 Å². The van der Waals surface area contributed by atoms with Crippen LogP contribution < -0.4 is 11.1 Å². The van der Waals surface area contributed by atoms with Gasteiger partial charge in [0.25, 0.3) is 5.91 Å². The first kappa shape index (κ1) is 21.5. The number of carbonyl (C=O) groups is 3. The molecule has 14 heteroatoms. The molecule has 13 nitrogen and oxygen atoms in total. The van der Waals surface area contributed by atoms with Gasteiger partial charge in [-0.05, 0) is 30.7 Å². The van der Waals surface area contributed by atoms with Gasteiger partial charge < -0.3 is 31.2 Å². The number of carbonyl (C=O) groups excluding carboxylic acids is 1. The van der Waals surface area contributed by atoms with Gasteiger partial charge in [0.1, 0.15) is 11.6 Å². The Balaban J connectivity index is 1.69. The molecule has 1 amide bonds. The predicted octanol–water partition coefficient (Wildman–Crippen LogP) is 2.06. The molecule has 1 atom stereocenters. The van der Waals surface area contributed by atoms with E-state index < -0.39 is 23.9 Å². The number of aromatic nitrogens is 4. The molecular formula is C17H16N8O5S. The number of hydrogen-bond acceptors (Lipinski definition) is 9. The van der Waals surface area contributed by atoms with Crippen LogP contribution in [0.1, 0.15) is 23.2 Å². The van der Waals surface area contributed by atoms with Crippen molar-refractivity contribution >= 4 is 58.8 Å². The molecule has 0 bridgehead atoms. The number of H-pyrrole nitrogens is 2. The fourth-order valence-corrected chi connectivity index (χ4v) is 2.77. The van der Waals surface area contributed by atoms with Crippen LogP contribution in [0.25, 0.3) is 11.2 Å². The summed E-state index contributed by atoms with van der Waals surface area (Å²) < 4.78 is 0.235. The number of fused-ring (bicyclic) bond motifs is 1. The number of imidazole rings is 1. The molecule has 3 aromatic rings. The number of nitrogens with one attached hydrogen (secondary N) is 3. The van der Waals surface area contributed by atoms with Crippen LogP contribution in [0.3, 0.4) is 0 Å². The molecule has 1 aromatic carbocycles. The summed E-state index contributed by atoms with van der Waals surface area (Å²) >= 11 is 5.09. The Morgan fingerprint density at radius 3 is 2.48 bits per heavy atom. The SMILES string of the molecule is Nc1nc(=S)c2[nH]c(N=Nc3ccc(C(=O)N[C@@H](CCC(=O)O)C(=O)O)cc3)nc2[nH]1. The number of anilines is 1. The molecule has 2 heterocycles. The van der Waals surface area contributed by atoms with Gasteiger partial charge in [-0.25, -0.2) is 9.78 Å². The monoisotopic (exact) mass is 444 g/mol. The minimum atomic E-state index is -1.32. The lowest BCUT2D eigenvalue weighted by atomic mass is 10.1. The van der Waals surface area contributed by atoms with Crippen LogP contribution in [0.4, 0.5) is 17.6 Å². The molecule has 31 heavy (non-hydrogen) atoms. The fourth-order valence-electron chi connectivity index (χ4n) is 2.52. The van der Waals surface area contributed by atoms with Gasteiger partial charge in [0, 0.05) is 12.0 Å². The maximum atomic E-state index is 12.2. The van der Waals surface area contributed by atoms with Gasteiger partial charge in [-0.1, -0.05) is 12.2 Å². The Morgan fingerprint density at radius 1 is 1.13 bits per heavy atom. The summed E-state index contributed by atoms with van der Waals surface area (Å²) in [4.78, 5) is 47.7. The Bertz CT molecular complexity index is 1230. The first-order chi connectivity index (χ1) is 14.7. The summed E-state index contributed by atoms with van der Waals surface area (Å²) in [5, 5.41) is 28.1. The molecule has 160 valence electrons. The van der Waals surface area contributed by atoms with E-state index in [1.54, 1.807) is 0 Å². The van der Waals surface area contributed by atoms with Crippen molar-refractivity contribution in [1.82, 2.24) is 25.3 Å². The van der Waals surface area contributed by atoms with Crippen molar-refractivity contribution in [1.29, 1.82) is 0 Å². The van der Waals surface area contributed by atoms with Crippen molar-refractivity contribution in [2.24, 2.45) is 10.2 Å². The topological polar surface area (TPSA) is 212 Å². The summed E-state index contributed by atoms with van der Waals surface area (Å²) in [6.07, 6.45) is -0.615. The second kappa shape index (κ2) is 9.08.